The van der Waals surface area contributed by atoms with E-state index in [0.717, 1.165) is 5.69 Å². The lowest BCUT2D eigenvalue weighted by molar-refractivity contribution is 0.404. The number of benzene rings is 2. The number of nitrogens with one attached hydrogen (secondary N) is 1. The van der Waals surface area contributed by atoms with Crippen LogP contribution in [0.25, 0.3) is 0 Å². The number of halogens is 1. The Morgan fingerprint density at radius 2 is 1.68 bits per heavy atom. The van der Waals surface area contributed by atoms with Crippen LogP contribution in [0.5, 0.6) is 11.5 Å². The minimum atomic E-state index is 0.532. The molecule has 0 unspecified atom stereocenters. The van der Waals surface area contributed by atoms with Crippen LogP contribution in [0.3, 0.4) is 0 Å². The summed E-state index contributed by atoms with van der Waals surface area (Å²) in [6, 6.07) is 13.7. The first-order valence-electron chi connectivity index (χ1n) is 5.94. The standard InChI is InChI=1S/C15H16ClNO2/c1-18-14-9-13(15(19-2)8-12(14)16)17-10-11-6-4-3-5-7-11/h3-9,17H,10H2,1-2H3. The zero-order valence-corrected chi connectivity index (χ0v) is 11.7. The Kier molecular flexibility index (Phi) is 4.53. The molecule has 2 aromatic carbocycles. The molecule has 0 fully saturated rings. The molecule has 0 aromatic heterocycles. The summed E-state index contributed by atoms with van der Waals surface area (Å²) >= 11 is 6.06. The fourth-order valence-electron chi connectivity index (χ4n) is 1.79. The van der Waals surface area contributed by atoms with E-state index in [9.17, 15) is 0 Å². The van der Waals surface area contributed by atoms with E-state index in [0.29, 0.717) is 23.1 Å². The molecule has 3 nitrogen and oxygen atoms in total. The van der Waals surface area contributed by atoms with Gasteiger partial charge in [0.15, 0.2) is 0 Å². The maximum Gasteiger partial charge on any atom is 0.143 e. The first kappa shape index (κ1) is 13.6. The van der Waals surface area contributed by atoms with Gasteiger partial charge in [0.05, 0.1) is 24.9 Å². The van der Waals surface area contributed by atoms with E-state index in [1.54, 1.807) is 20.3 Å². The van der Waals surface area contributed by atoms with Gasteiger partial charge in [0.25, 0.3) is 0 Å². The molecule has 0 amide bonds. The van der Waals surface area contributed by atoms with Gasteiger partial charge in [-0.25, -0.2) is 0 Å². The molecule has 0 saturated carbocycles. The first-order valence-corrected chi connectivity index (χ1v) is 6.31. The molecule has 2 rings (SSSR count). The van der Waals surface area contributed by atoms with Crippen LogP contribution in [0, 0.1) is 0 Å². The van der Waals surface area contributed by atoms with Gasteiger partial charge in [-0.15, -0.1) is 0 Å². The molecule has 0 aliphatic heterocycles. The molecule has 0 radical (unpaired) electrons. The molecule has 0 heterocycles. The van der Waals surface area contributed by atoms with Crippen LogP contribution in [0.2, 0.25) is 5.02 Å². The highest BCUT2D eigenvalue weighted by Crippen LogP contribution is 2.35. The molecule has 0 bridgehead atoms. The summed E-state index contributed by atoms with van der Waals surface area (Å²) in [4.78, 5) is 0. The van der Waals surface area contributed by atoms with Crippen molar-refractivity contribution >= 4 is 17.3 Å². The van der Waals surface area contributed by atoms with Crippen molar-refractivity contribution in [2.45, 2.75) is 6.54 Å². The Balaban J connectivity index is 2.19. The molecular weight excluding hydrogens is 262 g/mol. The van der Waals surface area contributed by atoms with E-state index in [2.05, 4.69) is 17.4 Å². The van der Waals surface area contributed by atoms with Gasteiger partial charge in [0, 0.05) is 18.7 Å². The maximum absolute atomic E-state index is 6.06. The number of rotatable bonds is 5. The Hall–Kier alpha value is -1.87. The van der Waals surface area contributed by atoms with Crippen molar-refractivity contribution in [1.29, 1.82) is 0 Å². The Labute approximate surface area is 118 Å². The lowest BCUT2D eigenvalue weighted by atomic mass is 10.2. The first-order chi connectivity index (χ1) is 9.24. The Morgan fingerprint density at radius 3 is 2.32 bits per heavy atom. The number of hydrogen-bond donors (Lipinski definition) is 1. The van der Waals surface area contributed by atoms with E-state index in [1.807, 2.05) is 24.3 Å². The predicted molar refractivity (Wildman–Crippen MR) is 78.3 cm³/mol. The van der Waals surface area contributed by atoms with Crippen LogP contribution in [-0.2, 0) is 6.54 Å². The van der Waals surface area contributed by atoms with E-state index in [1.165, 1.54) is 5.56 Å². The third-order valence-electron chi connectivity index (χ3n) is 2.80. The van der Waals surface area contributed by atoms with Gasteiger partial charge in [0.2, 0.25) is 0 Å². The average Bonchev–Trinajstić information content (AvgIpc) is 2.46. The molecule has 4 heteroatoms. The molecule has 0 aliphatic carbocycles. The summed E-state index contributed by atoms with van der Waals surface area (Å²) in [6.07, 6.45) is 0. The van der Waals surface area contributed by atoms with Crippen molar-refractivity contribution in [3.63, 3.8) is 0 Å². The van der Waals surface area contributed by atoms with Crippen LogP contribution in [0.4, 0.5) is 5.69 Å². The second-order valence-electron chi connectivity index (χ2n) is 4.03. The smallest absolute Gasteiger partial charge is 0.143 e. The van der Waals surface area contributed by atoms with E-state index in [-0.39, 0.29) is 0 Å². The molecule has 0 spiro atoms. The van der Waals surface area contributed by atoms with E-state index >= 15 is 0 Å². The number of methoxy groups -OCH3 is 2. The SMILES string of the molecule is COc1cc(NCc2ccccc2)c(OC)cc1Cl. The highest BCUT2D eigenvalue weighted by Gasteiger charge is 2.09. The van der Waals surface area contributed by atoms with Crippen LogP contribution < -0.4 is 14.8 Å². The minimum Gasteiger partial charge on any atom is -0.495 e. The molecular formula is C15H16ClNO2. The topological polar surface area (TPSA) is 30.5 Å². The van der Waals surface area contributed by atoms with Gasteiger partial charge in [-0.1, -0.05) is 41.9 Å². The third-order valence-corrected chi connectivity index (χ3v) is 3.10. The minimum absolute atomic E-state index is 0.532. The van der Waals surface area contributed by atoms with Gasteiger partial charge in [-0.3, -0.25) is 0 Å². The number of hydrogen-bond acceptors (Lipinski definition) is 3. The number of ether oxygens (including phenoxy) is 2. The highest BCUT2D eigenvalue weighted by atomic mass is 35.5. The zero-order valence-electron chi connectivity index (χ0n) is 10.9. The molecule has 0 atom stereocenters. The maximum atomic E-state index is 6.06. The summed E-state index contributed by atoms with van der Waals surface area (Å²) < 4.78 is 10.5. The van der Waals surface area contributed by atoms with Crippen LogP contribution in [0.15, 0.2) is 42.5 Å². The van der Waals surface area contributed by atoms with E-state index < -0.39 is 0 Å². The summed E-state index contributed by atoms with van der Waals surface area (Å²) in [5.74, 6) is 1.32. The molecule has 0 aliphatic rings. The predicted octanol–water partition coefficient (Wildman–Crippen LogP) is 3.97. The van der Waals surface area contributed by atoms with Crippen molar-refractivity contribution in [3.8, 4) is 11.5 Å². The van der Waals surface area contributed by atoms with Crippen LogP contribution in [-0.4, -0.2) is 14.2 Å². The van der Waals surface area contributed by atoms with Crippen LogP contribution >= 0.6 is 11.6 Å². The lowest BCUT2D eigenvalue weighted by Crippen LogP contribution is -2.02. The molecule has 0 saturated heterocycles. The summed E-state index contributed by atoms with van der Waals surface area (Å²) in [6.45, 7) is 0.710. The van der Waals surface area contributed by atoms with Gasteiger partial charge in [-0.05, 0) is 5.56 Å². The number of anilines is 1. The summed E-state index contributed by atoms with van der Waals surface area (Å²) in [5, 5.41) is 3.85. The van der Waals surface area contributed by atoms with Gasteiger partial charge in [0.1, 0.15) is 11.5 Å². The monoisotopic (exact) mass is 277 g/mol. The summed E-state index contributed by atoms with van der Waals surface area (Å²) in [5.41, 5.74) is 2.05. The lowest BCUT2D eigenvalue weighted by Gasteiger charge is -2.14. The highest BCUT2D eigenvalue weighted by molar-refractivity contribution is 6.32. The van der Waals surface area contributed by atoms with Crippen molar-refractivity contribution in [2.75, 3.05) is 19.5 Å². The van der Waals surface area contributed by atoms with Gasteiger partial charge in [-0.2, -0.15) is 0 Å². The quantitative estimate of drug-likeness (QED) is 0.897. The normalized spacial score (nSPS) is 10.1. The fourth-order valence-corrected chi connectivity index (χ4v) is 2.02. The fraction of sp³-hybridized carbons (Fsp3) is 0.200. The van der Waals surface area contributed by atoms with Crippen molar-refractivity contribution in [2.24, 2.45) is 0 Å². The Morgan fingerprint density at radius 1 is 1.00 bits per heavy atom. The Bertz CT molecular complexity index is 543. The van der Waals surface area contributed by atoms with Crippen molar-refractivity contribution in [3.05, 3.63) is 53.1 Å². The van der Waals surface area contributed by atoms with Gasteiger partial charge < -0.3 is 14.8 Å². The largest absolute Gasteiger partial charge is 0.495 e. The van der Waals surface area contributed by atoms with E-state index in [4.69, 9.17) is 21.1 Å². The average molecular weight is 278 g/mol. The molecule has 19 heavy (non-hydrogen) atoms. The second kappa shape index (κ2) is 6.34. The molecule has 2 aromatic rings. The summed E-state index contributed by atoms with van der Waals surface area (Å²) in [7, 11) is 3.21. The zero-order chi connectivity index (χ0) is 13.7. The van der Waals surface area contributed by atoms with Crippen molar-refractivity contribution in [1.82, 2.24) is 0 Å². The third kappa shape index (κ3) is 3.32. The second-order valence-corrected chi connectivity index (χ2v) is 4.43. The van der Waals surface area contributed by atoms with Crippen molar-refractivity contribution < 1.29 is 9.47 Å². The molecule has 100 valence electrons. The molecule has 1 N–H and O–H groups in total. The van der Waals surface area contributed by atoms with Crippen LogP contribution in [0.1, 0.15) is 5.56 Å². The van der Waals surface area contributed by atoms with Gasteiger partial charge >= 0.3 is 0 Å².